The fraction of sp³-hybridized carbons (Fsp3) is 0.773. The molecule has 0 aromatic carbocycles. The minimum absolute atomic E-state index is 0.0855. The number of aliphatic hydroxyl groups is 3. The van der Waals surface area contributed by atoms with Crippen LogP contribution in [0.4, 0.5) is 0 Å². The van der Waals surface area contributed by atoms with Gasteiger partial charge in [0.2, 0.25) is 0 Å². The van der Waals surface area contributed by atoms with Crippen LogP contribution in [0.1, 0.15) is 175 Å². The van der Waals surface area contributed by atoms with Crippen molar-refractivity contribution in [3.63, 3.8) is 0 Å². The number of unbranched alkanes of at least 4 members (excludes halogenated alkanes) is 16. The van der Waals surface area contributed by atoms with Crippen LogP contribution in [-0.4, -0.2) is 74.7 Å². The lowest BCUT2D eigenvalue weighted by Crippen LogP contribution is -2.29. The second-order valence-electron chi connectivity index (χ2n) is 15.4. The lowest BCUT2D eigenvalue weighted by molar-refractivity contribution is -0.161. The van der Waals surface area contributed by atoms with E-state index in [4.69, 9.17) is 19.3 Å². The van der Waals surface area contributed by atoms with Crippen LogP contribution in [0.25, 0.3) is 0 Å². The van der Waals surface area contributed by atoms with Gasteiger partial charge in [0, 0.05) is 12.8 Å². The molecule has 0 saturated carbocycles. The van der Waals surface area contributed by atoms with E-state index in [1.54, 1.807) is 42.5 Å². The predicted molar refractivity (Wildman–Crippen MR) is 225 cm³/mol. The van der Waals surface area contributed by atoms with Crippen LogP contribution in [-0.2, 0) is 28.2 Å². The molecular weight excluding hydrogens is 735 g/mol. The highest BCUT2D eigenvalue weighted by Gasteiger charge is 2.23. The summed E-state index contributed by atoms with van der Waals surface area (Å²) in [6.07, 6.45) is 33.5. The van der Waals surface area contributed by atoms with Crippen LogP contribution >= 0.6 is 7.82 Å². The summed E-state index contributed by atoms with van der Waals surface area (Å²) in [5.74, 6) is -0.392. The fourth-order valence-corrected chi connectivity index (χ4v) is 6.36. The molecule has 0 radical (unpaired) electrons. The summed E-state index contributed by atoms with van der Waals surface area (Å²) in [5.41, 5.74) is 0. The highest BCUT2D eigenvalue weighted by Crippen LogP contribution is 2.36. The lowest BCUT2D eigenvalue weighted by atomic mass is 10.0. The zero-order chi connectivity index (χ0) is 41.7. The highest BCUT2D eigenvalue weighted by molar-refractivity contribution is 7.46. The van der Waals surface area contributed by atoms with Gasteiger partial charge in [0.25, 0.3) is 0 Å². The monoisotopic (exact) mass is 815 g/mol. The smallest absolute Gasteiger partial charge is 0.462 e. The molecule has 0 aliphatic heterocycles. The van der Waals surface area contributed by atoms with Gasteiger partial charge in [-0.05, 0) is 31.6 Å². The van der Waals surface area contributed by atoms with Crippen molar-refractivity contribution in [3.05, 3.63) is 48.6 Å². The van der Waals surface area contributed by atoms with E-state index in [1.165, 1.54) is 83.1 Å². The van der Waals surface area contributed by atoms with Crippen molar-refractivity contribution in [3.8, 4) is 0 Å². The Kier molecular flexibility index (Phi) is 35.8. The van der Waals surface area contributed by atoms with Gasteiger partial charge in [0.05, 0.1) is 24.9 Å². The molecule has 0 aromatic heterocycles. The van der Waals surface area contributed by atoms with E-state index in [0.29, 0.717) is 6.42 Å². The molecule has 12 heteroatoms. The first-order valence-corrected chi connectivity index (χ1v) is 23.1. The van der Waals surface area contributed by atoms with Gasteiger partial charge in [0.15, 0.2) is 6.10 Å². The number of carbonyl (C=O) groups excluding carboxylic acids is 2. The first kappa shape index (κ1) is 53.9. The third kappa shape index (κ3) is 38.7. The lowest BCUT2D eigenvalue weighted by Gasteiger charge is -2.18. The largest absolute Gasteiger partial charge is 0.469 e. The van der Waals surface area contributed by atoms with E-state index in [9.17, 15) is 29.5 Å². The maximum atomic E-state index is 12.4. The van der Waals surface area contributed by atoms with Crippen molar-refractivity contribution in [1.82, 2.24) is 0 Å². The van der Waals surface area contributed by atoms with Crippen molar-refractivity contribution in [2.45, 2.75) is 199 Å². The summed E-state index contributed by atoms with van der Waals surface area (Å²) < 4.78 is 26.2. The molecule has 326 valence electrons. The number of ether oxygens (including phenoxy) is 2. The minimum atomic E-state index is -4.84. The Morgan fingerprint density at radius 1 is 0.571 bits per heavy atom. The maximum absolute atomic E-state index is 12.4. The van der Waals surface area contributed by atoms with Crippen LogP contribution in [0.15, 0.2) is 48.6 Å². The maximum Gasteiger partial charge on any atom is 0.469 e. The Hall–Kier alpha value is -2.11. The van der Waals surface area contributed by atoms with Crippen molar-refractivity contribution in [2.24, 2.45) is 5.92 Å². The number of phosphoric acid groups is 1. The van der Waals surface area contributed by atoms with Gasteiger partial charge in [-0.15, -0.1) is 0 Å². The molecule has 0 unspecified atom stereocenters. The van der Waals surface area contributed by atoms with Gasteiger partial charge in [-0.3, -0.25) is 14.1 Å². The molecule has 0 rings (SSSR count). The zero-order valence-electron chi connectivity index (χ0n) is 35.0. The van der Waals surface area contributed by atoms with Crippen LogP contribution < -0.4 is 0 Å². The van der Waals surface area contributed by atoms with Gasteiger partial charge >= 0.3 is 19.8 Å². The third-order valence-electron chi connectivity index (χ3n) is 9.39. The number of esters is 2. The Morgan fingerprint density at radius 2 is 1.05 bits per heavy atom. The molecule has 56 heavy (non-hydrogen) atoms. The van der Waals surface area contributed by atoms with Crippen molar-refractivity contribution < 1.29 is 53.3 Å². The van der Waals surface area contributed by atoms with Crippen LogP contribution in [0.3, 0.4) is 0 Å². The molecular formula is C44H79O11P. The van der Waals surface area contributed by atoms with Gasteiger partial charge in [-0.25, -0.2) is 4.57 Å². The second kappa shape index (κ2) is 37.2. The summed E-state index contributed by atoms with van der Waals surface area (Å²) in [5, 5.41) is 30.3. The molecule has 0 aromatic rings. The number of phosphoric ester groups is 1. The molecule has 0 saturated heterocycles. The average molecular weight is 815 g/mol. The first-order chi connectivity index (χ1) is 26.8. The van der Waals surface area contributed by atoms with E-state index < -0.39 is 57.4 Å². The van der Waals surface area contributed by atoms with Crippen LogP contribution in [0, 0.1) is 5.92 Å². The molecule has 0 aliphatic rings. The summed E-state index contributed by atoms with van der Waals surface area (Å²) in [6.45, 7) is 5.63. The molecule has 5 N–H and O–H groups in total. The van der Waals surface area contributed by atoms with Gasteiger partial charge in [0.1, 0.15) is 6.61 Å². The summed E-state index contributed by atoms with van der Waals surface area (Å²) in [4.78, 5) is 42.9. The topological polar surface area (TPSA) is 180 Å². The summed E-state index contributed by atoms with van der Waals surface area (Å²) in [7, 11) is -4.84. The first-order valence-electron chi connectivity index (χ1n) is 21.6. The van der Waals surface area contributed by atoms with Gasteiger partial charge < -0.3 is 34.6 Å². The van der Waals surface area contributed by atoms with Crippen LogP contribution in [0.5, 0.6) is 0 Å². The van der Waals surface area contributed by atoms with E-state index in [0.717, 1.165) is 50.9 Å². The molecule has 4 atom stereocenters. The molecule has 0 amide bonds. The van der Waals surface area contributed by atoms with Crippen molar-refractivity contribution >= 4 is 19.8 Å². The number of carbonyl (C=O) groups is 2. The zero-order valence-corrected chi connectivity index (χ0v) is 35.9. The molecule has 0 fully saturated rings. The standard InChI is InChI=1S/C44H79O11P/c1-4-5-23-30-39(45)31-25-20-17-18-21-26-32-41(46)42(47)33-28-35-43(48)53-36-40(37-54-56(50,51)52)55-44(49)34-27-22-16-14-12-10-8-6-7-9-11-13-15-19-24-29-38(2)3/h17-18,20-21,25-26,31-32,38-42,45-47H,4-16,19,22-24,27-30,33-37H2,1-3H3,(H2,50,51,52)/b20-17-,21-18+,31-25+,32-26+/t39-,40-,41-,42-/m1/s1. The van der Waals surface area contributed by atoms with E-state index in [-0.39, 0.29) is 25.7 Å². The number of allylic oxidation sites excluding steroid dienone is 6. The minimum Gasteiger partial charge on any atom is -0.462 e. The van der Waals surface area contributed by atoms with Gasteiger partial charge in [-0.1, -0.05) is 185 Å². The quantitative estimate of drug-likeness (QED) is 0.0173. The van der Waals surface area contributed by atoms with Crippen molar-refractivity contribution in [1.29, 1.82) is 0 Å². The number of hydrogen-bond donors (Lipinski definition) is 5. The molecule has 11 nitrogen and oxygen atoms in total. The number of aliphatic hydroxyl groups excluding tert-OH is 3. The van der Waals surface area contributed by atoms with E-state index in [1.807, 2.05) is 0 Å². The Bertz CT molecular complexity index is 1110. The highest BCUT2D eigenvalue weighted by atomic mass is 31.2. The predicted octanol–water partition coefficient (Wildman–Crippen LogP) is 9.90. The second-order valence-corrected chi connectivity index (χ2v) is 16.6. The average Bonchev–Trinajstić information content (AvgIpc) is 3.14. The summed E-state index contributed by atoms with van der Waals surface area (Å²) >= 11 is 0. The molecule has 0 spiro atoms. The summed E-state index contributed by atoms with van der Waals surface area (Å²) in [6, 6.07) is 0. The number of hydrogen-bond acceptors (Lipinski definition) is 9. The van der Waals surface area contributed by atoms with E-state index >= 15 is 0 Å². The Labute approximate surface area is 339 Å². The Morgan fingerprint density at radius 3 is 1.59 bits per heavy atom. The van der Waals surface area contributed by atoms with Crippen LogP contribution in [0.2, 0.25) is 0 Å². The van der Waals surface area contributed by atoms with Gasteiger partial charge in [-0.2, -0.15) is 0 Å². The fourth-order valence-electron chi connectivity index (χ4n) is 6.00. The molecule has 0 heterocycles. The van der Waals surface area contributed by atoms with E-state index in [2.05, 4.69) is 25.3 Å². The molecule has 0 bridgehead atoms. The number of rotatable bonds is 38. The molecule has 0 aliphatic carbocycles. The SMILES string of the molecule is CCCCC[C@@H](O)/C=C/C=C\C=C\C=C\[C@@H](O)[C@H](O)CCCC(=O)OC[C@H](COP(=O)(O)O)OC(=O)CCCCCCCCCCCCCCCCCC(C)C. The Balaban J connectivity index is 4.21. The van der Waals surface area contributed by atoms with Crippen molar-refractivity contribution in [2.75, 3.05) is 13.2 Å². The third-order valence-corrected chi connectivity index (χ3v) is 9.88. The normalized spacial score (nSPS) is 14.7.